The number of hydrogen-bond acceptors (Lipinski definition) is 12. The fourth-order valence-corrected chi connectivity index (χ4v) is 5.69. The molecule has 7 amide bonds. The van der Waals surface area contributed by atoms with Crippen LogP contribution in [0, 0.1) is 11.3 Å². The lowest BCUT2D eigenvalue weighted by Gasteiger charge is -2.30. The van der Waals surface area contributed by atoms with E-state index in [4.69, 9.17) is 31.9 Å². The van der Waals surface area contributed by atoms with Gasteiger partial charge in [-0.15, -0.1) is 0 Å². The van der Waals surface area contributed by atoms with Gasteiger partial charge in [-0.2, -0.15) is 5.26 Å². The minimum absolute atomic E-state index is 0.0105. The summed E-state index contributed by atoms with van der Waals surface area (Å²) in [6.45, 7) is 2.27. The maximum atomic E-state index is 14.1. The highest BCUT2D eigenvalue weighted by Crippen LogP contribution is 2.40. The first-order valence-electron chi connectivity index (χ1n) is 17.5. The van der Waals surface area contributed by atoms with E-state index < -0.39 is 72.1 Å². The molecule has 55 heavy (non-hydrogen) atoms. The van der Waals surface area contributed by atoms with E-state index >= 15 is 0 Å². The average Bonchev–Trinajstić information content (AvgIpc) is 3.15. The lowest BCUT2D eigenvalue weighted by atomic mass is 9.93. The largest absolute Gasteiger partial charge is 0.492 e. The van der Waals surface area contributed by atoms with Crippen LogP contribution in [0.2, 0.25) is 0 Å². The number of fused-ring (bicyclic) bond motifs is 5. The van der Waals surface area contributed by atoms with Gasteiger partial charge < -0.3 is 58.2 Å². The van der Waals surface area contributed by atoms with Crippen molar-refractivity contribution < 1.29 is 43.0 Å². The molecule has 4 bridgehead atoms. The number of nitriles is 1. The molecule has 0 fully saturated rings. The molecule has 296 valence electrons. The molecular weight excluding hydrogens is 716 g/mol. The molecule has 0 unspecified atom stereocenters. The number of likely N-dealkylation sites (N-methyl/N-ethyl adjacent to an activating group) is 1. The van der Waals surface area contributed by atoms with Crippen molar-refractivity contribution in [3.63, 3.8) is 0 Å². The van der Waals surface area contributed by atoms with Crippen molar-refractivity contribution >= 4 is 41.4 Å². The number of nitrogens with zero attached hydrogens (tertiary/aromatic N) is 2. The highest BCUT2D eigenvalue weighted by atomic mass is 16.5. The Labute approximate surface area is 318 Å². The molecule has 1 heterocycles. The van der Waals surface area contributed by atoms with Crippen molar-refractivity contribution in [3.8, 4) is 28.7 Å². The third-order valence-corrected chi connectivity index (χ3v) is 8.39. The van der Waals surface area contributed by atoms with Gasteiger partial charge in [0.25, 0.3) is 0 Å². The SMILES string of the molecule is CC(=O)N[C@@H](CCC(N)=O)C(=O)NCC(=O)N(C)[C@@H]1C(=O)N[C@@H](C)C(=O)N[C@H](C(=O)NCC#N)Cc2ccc(OCCN)c(c2)-c2cc1ccc2OCCN. The van der Waals surface area contributed by atoms with Crippen molar-refractivity contribution in [1.29, 1.82) is 5.26 Å². The van der Waals surface area contributed by atoms with Crippen LogP contribution in [0.3, 0.4) is 0 Å². The smallest absolute Gasteiger partial charge is 0.248 e. The van der Waals surface area contributed by atoms with Gasteiger partial charge in [0.2, 0.25) is 41.4 Å². The van der Waals surface area contributed by atoms with Crippen LogP contribution in [-0.4, -0.2) is 111 Å². The van der Waals surface area contributed by atoms with Gasteiger partial charge in [0.15, 0.2) is 0 Å². The van der Waals surface area contributed by atoms with Gasteiger partial charge in [-0.25, -0.2) is 0 Å². The van der Waals surface area contributed by atoms with E-state index in [9.17, 15) is 33.6 Å². The van der Waals surface area contributed by atoms with Crippen LogP contribution in [0.15, 0.2) is 36.4 Å². The predicted octanol–water partition coefficient (Wildman–Crippen LogP) is -2.40. The Morgan fingerprint density at radius 3 is 2.20 bits per heavy atom. The number of carbonyl (C=O) groups excluding carboxylic acids is 7. The molecule has 1 aliphatic rings. The molecule has 3 rings (SSSR count). The normalized spacial score (nSPS) is 17.1. The molecule has 19 heteroatoms. The second-order valence-corrected chi connectivity index (χ2v) is 12.6. The molecule has 1 aliphatic heterocycles. The summed E-state index contributed by atoms with van der Waals surface area (Å²) < 4.78 is 12.0. The van der Waals surface area contributed by atoms with E-state index in [2.05, 4.69) is 26.6 Å². The summed E-state index contributed by atoms with van der Waals surface area (Å²) in [6, 6.07) is 6.76. The van der Waals surface area contributed by atoms with Crippen LogP contribution in [-0.2, 0) is 40.0 Å². The van der Waals surface area contributed by atoms with E-state index in [1.807, 2.05) is 6.07 Å². The van der Waals surface area contributed by atoms with Gasteiger partial charge in [-0.1, -0.05) is 12.1 Å². The van der Waals surface area contributed by atoms with Gasteiger partial charge in [0.1, 0.15) is 55.4 Å². The van der Waals surface area contributed by atoms with Crippen LogP contribution in [0.4, 0.5) is 0 Å². The lowest BCUT2D eigenvalue weighted by molar-refractivity contribution is -0.140. The minimum atomic E-state index is -1.41. The number of ether oxygens (including phenoxy) is 2. The summed E-state index contributed by atoms with van der Waals surface area (Å²) in [7, 11) is 1.33. The van der Waals surface area contributed by atoms with Gasteiger partial charge in [-0.05, 0) is 48.7 Å². The van der Waals surface area contributed by atoms with Crippen molar-refractivity contribution in [2.45, 2.75) is 57.3 Å². The Kier molecular flexibility index (Phi) is 16.3. The maximum Gasteiger partial charge on any atom is 0.248 e. The third-order valence-electron chi connectivity index (χ3n) is 8.39. The number of benzene rings is 2. The number of nitrogens with two attached hydrogens (primary N) is 3. The molecule has 0 radical (unpaired) electrons. The predicted molar refractivity (Wildman–Crippen MR) is 197 cm³/mol. The molecule has 2 aromatic rings. The van der Waals surface area contributed by atoms with E-state index in [0.29, 0.717) is 28.2 Å². The fourth-order valence-electron chi connectivity index (χ4n) is 5.69. The zero-order chi connectivity index (χ0) is 40.7. The molecule has 0 saturated carbocycles. The molecule has 2 aromatic carbocycles. The Bertz CT molecular complexity index is 1800. The summed E-state index contributed by atoms with van der Waals surface area (Å²) >= 11 is 0. The summed E-state index contributed by atoms with van der Waals surface area (Å²) in [6.07, 6.45) is -0.333. The van der Waals surface area contributed by atoms with Crippen molar-refractivity contribution in [1.82, 2.24) is 31.5 Å². The number of nitrogens with one attached hydrogen (secondary N) is 5. The van der Waals surface area contributed by atoms with Crippen molar-refractivity contribution in [2.75, 3.05) is 46.4 Å². The molecule has 19 nitrogen and oxygen atoms in total. The van der Waals surface area contributed by atoms with Crippen molar-refractivity contribution in [3.05, 3.63) is 47.5 Å². The quantitative estimate of drug-likeness (QED) is 0.0830. The monoisotopic (exact) mass is 764 g/mol. The summed E-state index contributed by atoms with van der Waals surface area (Å²) in [5.41, 5.74) is 18.5. The van der Waals surface area contributed by atoms with E-state index in [-0.39, 0.29) is 57.7 Å². The molecular formula is C36H48N10O9. The molecule has 0 saturated heterocycles. The Morgan fingerprint density at radius 1 is 0.964 bits per heavy atom. The fraction of sp³-hybridized carbons (Fsp3) is 0.444. The first kappa shape index (κ1) is 43.1. The number of primary amides is 1. The Morgan fingerprint density at radius 2 is 1.60 bits per heavy atom. The van der Waals surface area contributed by atoms with E-state index in [1.165, 1.54) is 20.9 Å². The second-order valence-electron chi connectivity index (χ2n) is 12.6. The van der Waals surface area contributed by atoms with Gasteiger partial charge in [0.05, 0.1) is 12.6 Å². The van der Waals surface area contributed by atoms with E-state index in [1.54, 1.807) is 36.4 Å². The number of amides is 7. The lowest BCUT2D eigenvalue weighted by Crippen LogP contribution is -2.55. The summed E-state index contributed by atoms with van der Waals surface area (Å²) in [4.78, 5) is 91.6. The van der Waals surface area contributed by atoms with Crippen LogP contribution in [0.25, 0.3) is 11.1 Å². The first-order chi connectivity index (χ1) is 26.2. The summed E-state index contributed by atoms with van der Waals surface area (Å²) in [5.74, 6) is -4.18. The van der Waals surface area contributed by atoms with E-state index in [0.717, 1.165) is 4.90 Å². The van der Waals surface area contributed by atoms with Crippen LogP contribution in [0.5, 0.6) is 11.5 Å². The topological polar surface area (TPSA) is 303 Å². The van der Waals surface area contributed by atoms with Crippen LogP contribution in [0.1, 0.15) is 43.9 Å². The first-order valence-corrected chi connectivity index (χ1v) is 17.5. The highest BCUT2D eigenvalue weighted by Gasteiger charge is 2.34. The second kappa shape index (κ2) is 20.8. The summed E-state index contributed by atoms with van der Waals surface area (Å²) in [5, 5.41) is 21.6. The van der Waals surface area contributed by atoms with Crippen LogP contribution >= 0.6 is 0 Å². The number of rotatable bonds is 16. The zero-order valence-electron chi connectivity index (χ0n) is 30.9. The zero-order valence-corrected chi connectivity index (χ0v) is 30.9. The molecule has 0 aliphatic carbocycles. The minimum Gasteiger partial charge on any atom is -0.492 e. The van der Waals surface area contributed by atoms with Crippen molar-refractivity contribution in [2.24, 2.45) is 17.2 Å². The van der Waals surface area contributed by atoms with Gasteiger partial charge in [0, 0.05) is 51.0 Å². The molecule has 0 spiro atoms. The average molecular weight is 765 g/mol. The van der Waals surface area contributed by atoms with Gasteiger partial charge >= 0.3 is 0 Å². The maximum absolute atomic E-state index is 14.1. The highest BCUT2D eigenvalue weighted by molar-refractivity contribution is 5.96. The number of hydrogen-bond donors (Lipinski definition) is 8. The standard InChI is InChI=1S/C36H48N10O9/c1-20-33(50)45-27(35(52)41-13-10-37)17-22-4-7-28(54-14-11-38)24(16-22)25-18-23(5-8-29(25)55-15-12-39)32(36(53)43-20)46(3)31(49)19-42-34(51)26(44-21(2)47)6-9-30(40)48/h4-5,7-8,16,18,20,26-27,32H,6,9,11-15,17,19,38-39H2,1-3H3,(H2,40,48)(H,41,52)(H,42,51)(H,43,53)(H,44,47)(H,45,50)/t20-,26-,27-,32-/m0/s1. The molecule has 4 atom stereocenters. The molecule has 11 N–H and O–H groups in total. The number of carbonyl (C=O) groups is 7. The van der Waals surface area contributed by atoms with Crippen LogP contribution < -0.4 is 53.3 Å². The Hall–Kier alpha value is -6.26. The third kappa shape index (κ3) is 12.4. The Balaban J connectivity index is 2.16. The van der Waals surface area contributed by atoms with Gasteiger partial charge in [-0.3, -0.25) is 33.6 Å². The molecule has 0 aromatic heterocycles.